The highest BCUT2D eigenvalue weighted by molar-refractivity contribution is 7.92. The first-order valence-electron chi connectivity index (χ1n) is 8.47. The summed E-state index contributed by atoms with van der Waals surface area (Å²) in [4.78, 5) is 16.7. The summed E-state index contributed by atoms with van der Waals surface area (Å²) >= 11 is 0. The zero-order valence-electron chi connectivity index (χ0n) is 16.0. The maximum atomic E-state index is 12.8. The highest BCUT2D eigenvalue weighted by atomic mass is 32.2. The zero-order chi connectivity index (χ0) is 21.0. The molecule has 0 saturated heterocycles. The molecule has 152 valence electrons. The number of sulfonamides is 1. The molecule has 0 fully saturated rings. The Balaban J connectivity index is 1.88. The van der Waals surface area contributed by atoms with Crippen LogP contribution in [0.5, 0.6) is 11.5 Å². The lowest BCUT2D eigenvalue weighted by molar-refractivity contribution is 0.102. The molecule has 9 nitrogen and oxygen atoms in total. The molecule has 0 atom stereocenters. The molecule has 0 aliphatic heterocycles. The number of hydrogen-bond donors (Lipinski definition) is 2. The second-order valence-corrected chi connectivity index (χ2v) is 7.68. The van der Waals surface area contributed by atoms with Gasteiger partial charge in [-0.3, -0.25) is 9.52 Å². The molecule has 0 spiro atoms. The Morgan fingerprint density at radius 3 is 2.48 bits per heavy atom. The minimum atomic E-state index is -3.95. The van der Waals surface area contributed by atoms with Gasteiger partial charge in [0.15, 0.2) is 5.03 Å². The van der Waals surface area contributed by atoms with Crippen molar-refractivity contribution in [2.45, 2.75) is 5.03 Å². The number of amides is 1. The van der Waals surface area contributed by atoms with Crippen LogP contribution in [0.1, 0.15) is 10.4 Å². The van der Waals surface area contributed by atoms with E-state index in [2.05, 4.69) is 15.0 Å². The van der Waals surface area contributed by atoms with Gasteiger partial charge >= 0.3 is 0 Å². The van der Waals surface area contributed by atoms with Gasteiger partial charge in [-0.15, -0.1) is 0 Å². The van der Waals surface area contributed by atoms with Gasteiger partial charge in [0.25, 0.3) is 15.9 Å². The molecule has 0 unspecified atom stereocenters. The molecule has 1 heterocycles. The molecule has 3 rings (SSSR count). The number of benzene rings is 2. The first-order chi connectivity index (χ1) is 13.8. The van der Waals surface area contributed by atoms with Gasteiger partial charge in [-0.1, -0.05) is 12.1 Å². The Morgan fingerprint density at radius 1 is 1.07 bits per heavy atom. The minimum Gasteiger partial charge on any atom is -0.497 e. The summed E-state index contributed by atoms with van der Waals surface area (Å²) in [5, 5.41) is 2.58. The zero-order valence-corrected chi connectivity index (χ0v) is 16.9. The predicted molar refractivity (Wildman–Crippen MR) is 108 cm³/mol. The van der Waals surface area contributed by atoms with Gasteiger partial charge in [0.05, 0.1) is 37.5 Å². The summed E-state index contributed by atoms with van der Waals surface area (Å²) in [6, 6.07) is 11.2. The lowest BCUT2D eigenvalue weighted by Crippen LogP contribution is -2.19. The highest BCUT2D eigenvalue weighted by Crippen LogP contribution is 2.30. The van der Waals surface area contributed by atoms with Crippen LogP contribution < -0.4 is 19.5 Å². The molecule has 0 aliphatic rings. The third-order valence-corrected chi connectivity index (χ3v) is 5.28. The van der Waals surface area contributed by atoms with Crippen LogP contribution in [-0.4, -0.2) is 38.1 Å². The smallest absolute Gasteiger partial charge is 0.280 e. The average molecular weight is 416 g/mol. The molecule has 1 aromatic heterocycles. The van der Waals surface area contributed by atoms with Gasteiger partial charge in [0.1, 0.15) is 11.5 Å². The van der Waals surface area contributed by atoms with Gasteiger partial charge in [0, 0.05) is 19.3 Å². The summed E-state index contributed by atoms with van der Waals surface area (Å²) in [6.07, 6.45) is 2.75. The quantitative estimate of drug-likeness (QED) is 0.612. The SMILES string of the molecule is COc1ccc(NC(=O)c2ccccc2NS(=O)(=O)c2cn(C)cn2)c(OC)c1. The molecule has 10 heteroatoms. The number of hydrogen-bond acceptors (Lipinski definition) is 6. The molecule has 2 aromatic carbocycles. The van der Waals surface area contributed by atoms with E-state index in [4.69, 9.17) is 9.47 Å². The highest BCUT2D eigenvalue weighted by Gasteiger charge is 2.21. The van der Waals surface area contributed by atoms with Crippen LogP contribution >= 0.6 is 0 Å². The Bertz CT molecular complexity index is 1140. The van der Waals surface area contributed by atoms with Crippen molar-refractivity contribution in [3.63, 3.8) is 0 Å². The van der Waals surface area contributed by atoms with Crippen LogP contribution in [0.4, 0.5) is 11.4 Å². The summed E-state index contributed by atoms with van der Waals surface area (Å²) in [5.74, 6) is 0.473. The summed E-state index contributed by atoms with van der Waals surface area (Å²) in [5.41, 5.74) is 0.689. The van der Waals surface area contributed by atoms with Crippen molar-refractivity contribution in [2.75, 3.05) is 24.3 Å². The van der Waals surface area contributed by atoms with Crippen LogP contribution in [0, 0.1) is 0 Å². The van der Waals surface area contributed by atoms with E-state index < -0.39 is 15.9 Å². The fraction of sp³-hybridized carbons (Fsp3) is 0.158. The number of para-hydroxylation sites is 1. The molecular formula is C19H20N4O5S. The van der Waals surface area contributed by atoms with Crippen molar-refractivity contribution < 1.29 is 22.7 Å². The van der Waals surface area contributed by atoms with Crippen LogP contribution in [0.2, 0.25) is 0 Å². The molecule has 0 aliphatic carbocycles. The molecule has 0 saturated carbocycles. The normalized spacial score (nSPS) is 11.0. The number of carbonyl (C=O) groups excluding carboxylic acids is 1. The molecule has 0 bridgehead atoms. The Labute approximate surface area is 168 Å². The number of ether oxygens (including phenoxy) is 2. The molecule has 1 amide bonds. The van der Waals surface area contributed by atoms with E-state index in [9.17, 15) is 13.2 Å². The van der Waals surface area contributed by atoms with Crippen LogP contribution in [0.3, 0.4) is 0 Å². The lowest BCUT2D eigenvalue weighted by atomic mass is 10.1. The minimum absolute atomic E-state index is 0.128. The fourth-order valence-electron chi connectivity index (χ4n) is 2.59. The van der Waals surface area contributed by atoms with Crippen molar-refractivity contribution in [1.82, 2.24) is 9.55 Å². The number of nitrogens with one attached hydrogen (secondary N) is 2. The fourth-order valence-corrected chi connectivity index (χ4v) is 3.65. The second kappa shape index (κ2) is 8.23. The van der Waals surface area contributed by atoms with Gasteiger partial charge in [-0.2, -0.15) is 8.42 Å². The Hall–Kier alpha value is -3.53. The first kappa shape index (κ1) is 20.2. The Morgan fingerprint density at radius 2 is 1.83 bits per heavy atom. The number of nitrogens with zero attached hydrogens (tertiary/aromatic N) is 2. The van der Waals surface area contributed by atoms with Crippen LogP contribution in [0.15, 0.2) is 60.0 Å². The van der Waals surface area contributed by atoms with Crippen molar-refractivity contribution in [1.29, 1.82) is 0 Å². The average Bonchev–Trinajstić information content (AvgIpc) is 3.15. The Kier molecular flexibility index (Phi) is 5.74. The molecule has 0 radical (unpaired) electrons. The lowest BCUT2D eigenvalue weighted by Gasteiger charge is -2.14. The molecule has 2 N–H and O–H groups in total. The standard InChI is InChI=1S/C19H20N4O5S/c1-23-11-18(20-12-23)29(25,26)22-15-7-5-4-6-14(15)19(24)21-16-9-8-13(27-2)10-17(16)28-3/h4-12,22H,1-3H3,(H,21,24). The van der Waals surface area contributed by atoms with Crippen molar-refractivity contribution in [3.8, 4) is 11.5 Å². The number of imidazole rings is 1. The van der Waals surface area contributed by atoms with E-state index in [1.807, 2.05) is 0 Å². The molecule has 3 aromatic rings. The van der Waals surface area contributed by atoms with Gasteiger partial charge in [0.2, 0.25) is 0 Å². The van der Waals surface area contributed by atoms with Crippen LogP contribution in [0.25, 0.3) is 0 Å². The maximum absolute atomic E-state index is 12.8. The number of methoxy groups -OCH3 is 2. The third-order valence-electron chi connectivity index (χ3n) is 4.03. The topological polar surface area (TPSA) is 112 Å². The number of aromatic nitrogens is 2. The summed E-state index contributed by atoms with van der Waals surface area (Å²) < 4.78 is 39.5. The largest absolute Gasteiger partial charge is 0.497 e. The predicted octanol–water partition coefficient (Wildman–Crippen LogP) is 2.49. The van der Waals surface area contributed by atoms with Crippen molar-refractivity contribution in [2.24, 2.45) is 7.05 Å². The number of anilines is 2. The second-order valence-electron chi connectivity index (χ2n) is 6.05. The monoisotopic (exact) mass is 416 g/mol. The third kappa shape index (κ3) is 4.49. The summed E-state index contributed by atoms with van der Waals surface area (Å²) in [7, 11) is 0.712. The van der Waals surface area contributed by atoms with Crippen molar-refractivity contribution >= 4 is 27.3 Å². The first-order valence-corrected chi connectivity index (χ1v) is 9.95. The summed E-state index contributed by atoms with van der Waals surface area (Å²) in [6.45, 7) is 0. The van der Waals surface area contributed by atoms with E-state index >= 15 is 0 Å². The van der Waals surface area contributed by atoms with E-state index in [0.717, 1.165) is 0 Å². The maximum Gasteiger partial charge on any atom is 0.280 e. The molecular weight excluding hydrogens is 396 g/mol. The van der Waals surface area contributed by atoms with Gasteiger partial charge in [-0.25, -0.2) is 4.98 Å². The van der Waals surface area contributed by atoms with Crippen molar-refractivity contribution in [3.05, 3.63) is 60.6 Å². The van der Waals surface area contributed by atoms with Gasteiger partial charge < -0.3 is 19.4 Å². The van der Waals surface area contributed by atoms with Gasteiger partial charge in [-0.05, 0) is 24.3 Å². The number of carbonyl (C=O) groups is 1. The van der Waals surface area contributed by atoms with Crippen LogP contribution in [-0.2, 0) is 17.1 Å². The van der Waals surface area contributed by atoms with E-state index in [-0.39, 0.29) is 16.3 Å². The number of aryl methyl sites for hydroxylation is 1. The van der Waals surface area contributed by atoms with E-state index in [1.54, 1.807) is 37.4 Å². The number of rotatable bonds is 7. The molecule has 29 heavy (non-hydrogen) atoms. The van der Waals surface area contributed by atoms with E-state index in [0.29, 0.717) is 17.2 Å². The van der Waals surface area contributed by atoms with E-state index in [1.165, 1.54) is 43.4 Å².